The van der Waals surface area contributed by atoms with Crippen molar-refractivity contribution in [2.24, 2.45) is 5.73 Å². The zero-order valence-electron chi connectivity index (χ0n) is 11.8. The first-order chi connectivity index (χ1) is 9.19. The van der Waals surface area contributed by atoms with Crippen LogP contribution in [0.4, 0.5) is 0 Å². The van der Waals surface area contributed by atoms with Gasteiger partial charge in [0, 0.05) is 5.69 Å². The van der Waals surface area contributed by atoms with Crippen LogP contribution in [-0.2, 0) is 6.42 Å². The number of nitrogens with two attached hydrogens (primary N) is 1. The molecule has 2 rings (SSSR count). The molecular weight excluding hydrogens is 238 g/mol. The van der Waals surface area contributed by atoms with Gasteiger partial charge >= 0.3 is 0 Å². The fourth-order valence-corrected chi connectivity index (χ4v) is 2.35. The zero-order valence-corrected chi connectivity index (χ0v) is 11.8. The number of para-hydroxylation sites is 2. The molecule has 1 aromatic carbocycles. The van der Waals surface area contributed by atoms with Crippen LogP contribution in [0, 0.1) is 13.8 Å². The van der Waals surface area contributed by atoms with E-state index in [2.05, 4.69) is 12.0 Å². The normalized spacial score (nSPS) is 10.7. The Morgan fingerprint density at radius 1 is 1.26 bits per heavy atom. The lowest BCUT2D eigenvalue weighted by molar-refractivity contribution is 0.411. The van der Waals surface area contributed by atoms with Crippen molar-refractivity contribution >= 4 is 0 Å². The molecular formula is C15H21N3O. The molecule has 0 atom stereocenters. The average molecular weight is 259 g/mol. The summed E-state index contributed by atoms with van der Waals surface area (Å²) < 4.78 is 7.36. The molecule has 0 amide bonds. The van der Waals surface area contributed by atoms with E-state index in [1.54, 1.807) is 7.11 Å². The van der Waals surface area contributed by atoms with E-state index in [1.807, 2.05) is 35.9 Å². The fourth-order valence-electron chi connectivity index (χ4n) is 2.35. The molecule has 1 aromatic heterocycles. The zero-order chi connectivity index (χ0) is 13.8. The molecule has 0 spiro atoms. The molecule has 0 bridgehead atoms. The van der Waals surface area contributed by atoms with E-state index in [0.717, 1.165) is 35.7 Å². The molecule has 0 aliphatic heterocycles. The van der Waals surface area contributed by atoms with Gasteiger partial charge in [0.2, 0.25) is 0 Å². The second-order valence-electron chi connectivity index (χ2n) is 4.63. The Labute approximate surface area is 114 Å². The number of rotatable bonds is 5. The lowest BCUT2D eigenvalue weighted by atomic mass is 10.1. The van der Waals surface area contributed by atoms with Crippen LogP contribution in [0.15, 0.2) is 24.3 Å². The van der Waals surface area contributed by atoms with Crippen LogP contribution in [0.5, 0.6) is 5.75 Å². The summed E-state index contributed by atoms with van der Waals surface area (Å²) in [5, 5.41) is 4.64. The number of aromatic nitrogens is 2. The van der Waals surface area contributed by atoms with E-state index in [1.165, 1.54) is 5.56 Å². The number of hydrogen-bond acceptors (Lipinski definition) is 3. The van der Waals surface area contributed by atoms with Crippen LogP contribution in [0.2, 0.25) is 0 Å². The third kappa shape index (κ3) is 2.63. The SMILES string of the molecule is COc1ccccc1-n1nc(C)c(CCCN)c1C. The molecule has 2 aromatic rings. The first kappa shape index (κ1) is 13.6. The molecule has 0 unspecified atom stereocenters. The van der Waals surface area contributed by atoms with Crippen molar-refractivity contribution in [3.8, 4) is 11.4 Å². The minimum Gasteiger partial charge on any atom is -0.494 e. The van der Waals surface area contributed by atoms with E-state index in [4.69, 9.17) is 10.5 Å². The number of nitrogens with zero attached hydrogens (tertiary/aromatic N) is 2. The van der Waals surface area contributed by atoms with Crippen molar-refractivity contribution in [3.05, 3.63) is 41.2 Å². The van der Waals surface area contributed by atoms with Crippen molar-refractivity contribution < 1.29 is 4.74 Å². The Balaban J connectivity index is 2.45. The molecule has 0 saturated heterocycles. The van der Waals surface area contributed by atoms with E-state index < -0.39 is 0 Å². The number of methoxy groups -OCH3 is 1. The van der Waals surface area contributed by atoms with Gasteiger partial charge in [-0.15, -0.1) is 0 Å². The lowest BCUT2D eigenvalue weighted by Crippen LogP contribution is -2.03. The lowest BCUT2D eigenvalue weighted by Gasteiger charge is -2.10. The first-order valence-corrected chi connectivity index (χ1v) is 6.57. The quantitative estimate of drug-likeness (QED) is 0.897. The van der Waals surface area contributed by atoms with E-state index in [0.29, 0.717) is 6.54 Å². The summed E-state index contributed by atoms with van der Waals surface area (Å²) in [6.07, 6.45) is 1.96. The first-order valence-electron chi connectivity index (χ1n) is 6.57. The summed E-state index contributed by atoms with van der Waals surface area (Å²) in [7, 11) is 1.68. The van der Waals surface area contributed by atoms with Crippen molar-refractivity contribution in [3.63, 3.8) is 0 Å². The van der Waals surface area contributed by atoms with Crippen LogP contribution in [0.1, 0.15) is 23.4 Å². The number of aryl methyl sites for hydroxylation is 1. The van der Waals surface area contributed by atoms with Crippen molar-refractivity contribution in [2.45, 2.75) is 26.7 Å². The maximum atomic E-state index is 5.59. The average Bonchev–Trinajstić information content (AvgIpc) is 2.71. The van der Waals surface area contributed by atoms with Crippen molar-refractivity contribution in [2.75, 3.05) is 13.7 Å². The second-order valence-corrected chi connectivity index (χ2v) is 4.63. The van der Waals surface area contributed by atoms with E-state index >= 15 is 0 Å². The van der Waals surface area contributed by atoms with Gasteiger partial charge in [0.1, 0.15) is 11.4 Å². The van der Waals surface area contributed by atoms with Crippen LogP contribution in [0.25, 0.3) is 5.69 Å². The van der Waals surface area contributed by atoms with Crippen molar-refractivity contribution in [1.29, 1.82) is 0 Å². The van der Waals surface area contributed by atoms with Gasteiger partial charge < -0.3 is 10.5 Å². The predicted molar refractivity (Wildman–Crippen MR) is 77.0 cm³/mol. The van der Waals surface area contributed by atoms with Gasteiger partial charge in [-0.25, -0.2) is 4.68 Å². The summed E-state index contributed by atoms with van der Waals surface area (Å²) >= 11 is 0. The number of ether oxygens (including phenoxy) is 1. The maximum Gasteiger partial charge on any atom is 0.144 e. The van der Waals surface area contributed by atoms with Crippen LogP contribution >= 0.6 is 0 Å². The molecule has 0 aliphatic rings. The maximum absolute atomic E-state index is 5.59. The Hall–Kier alpha value is -1.81. The highest BCUT2D eigenvalue weighted by Gasteiger charge is 2.14. The highest BCUT2D eigenvalue weighted by Crippen LogP contribution is 2.25. The molecule has 0 saturated carbocycles. The topological polar surface area (TPSA) is 53.1 Å². The molecule has 19 heavy (non-hydrogen) atoms. The second kappa shape index (κ2) is 5.89. The van der Waals surface area contributed by atoms with Gasteiger partial charge in [0.05, 0.1) is 12.8 Å². The third-order valence-electron chi connectivity index (χ3n) is 3.39. The van der Waals surface area contributed by atoms with E-state index in [9.17, 15) is 0 Å². The standard InChI is InChI=1S/C15H21N3O/c1-11-13(7-6-10-16)12(2)18(17-11)14-8-4-5-9-15(14)19-3/h4-5,8-9H,6-7,10,16H2,1-3H3. The largest absolute Gasteiger partial charge is 0.494 e. The Kier molecular flexibility index (Phi) is 4.22. The van der Waals surface area contributed by atoms with Gasteiger partial charge in [0.15, 0.2) is 0 Å². The minimum absolute atomic E-state index is 0.707. The Morgan fingerprint density at radius 3 is 2.68 bits per heavy atom. The van der Waals surface area contributed by atoms with Gasteiger partial charge in [-0.3, -0.25) is 0 Å². The van der Waals surface area contributed by atoms with Crippen LogP contribution in [0.3, 0.4) is 0 Å². The van der Waals surface area contributed by atoms with Gasteiger partial charge in [-0.1, -0.05) is 12.1 Å². The van der Waals surface area contributed by atoms with E-state index in [-0.39, 0.29) is 0 Å². The summed E-state index contributed by atoms with van der Waals surface area (Å²) in [6.45, 7) is 4.85. The number of hydrogen-bond donors (Lipinski definition) is 1. The van der Waals surface area contributed by atoms with Gasteiger partial charge in [-0.2, -0.15) is 5.10 Å². The molecule has 4 heteroatoms. The highest BCUT2D eigenvalue weighted by molar-refractivity contribution is 5.48. The Morgan fingerprint density at radius 2 is 2.00 bits per heavy atom. The molecule has 2 N–H and O–H groups in total. The molecule has 102 valence electrons. The molecule has 1 heterocycles. The van der Waals surface area contributed by atoms with Crippen LogP contribution < -0.4 is 10.5 Å². The monoisotopic (exact) mass is 259 g/mol. The summed E-state index contributed by atoms with van der Waals surface area (Å²) in [6, 6.07) is 7.92. The van der Waals surface area contributed by atoms with Crippen LogP contribution in [-0.4, -0.2) is 23.4 Å². The number of benzene rings is 1. The smallest absolute Gasteiger partial charge is 0.144 e. The molecule has 0 fully saturated rings. The van der Waals surface area contributed by atoms with Gasteiger partial charge in [-0.05, 0) is 50.9 Å². The Bertz CT molecular complexity index is 561. The molecule has 4 nitrogen and oxygen atoms in total. The third-order valence-corrected chi connectivity index (χ3v) is 3.39. The van der Waals surface area contributed by atoms with Gasteiger partial charge in [0.25, 0.3) is 0 Å². The fraction of sp³-hybridized carbons (Fsp3) is 0.400. The summed E-state index contributed by atoms with van der Waals surface area (Å²) in [5.41, 5.74) is 10.1. The summed E-state index contributed by atoms with van der Waals surface area (Å²) in [4.78, 5) is 0. The predicted octanol–water partition coefficient (Wildman–Crippen LogP) is 2.39. The van der Waals surface area contributed by atoms with Crippen molar-refractivity contribution in [1.82, 2.24) is 9.78 Å². The minimum atomic E-state index is 0.707. The summed E-state index contributed by atoms with van der Waals surface area (Å²) in [5.74, 6) is 0.832. The molecule has 0 radical (unpaired) electrons. The highest BCUT2D eigenvalue weighted by atomic mass is 16.5. The molecule has 0 aliphatic carbocycles.